The third-order valence-corrected chi connectivity index (χ3v) is 2.32. The van der Waals surface area contributed by atoms with Gasteiger partial charge in [-0.05, 0) is 17.5 Å². The Labute approximate surface area is 100 Å². The molecular weight excluding hydrogens is 222 g/mol. The minimum atomic E-state index is -0.718. The molecule has 17 heavy (non-hydrogen) atoms. The summed E-state index contributed by atoms with van der Waals surface area (Å²) < 4.78 is 9.63. The topological polar surface area (TPSA) is 68.5 Å². The Bertz CT molecular complexity index is 389. The van der Waals surface area contributed by atoms with Gasteiger partial charge in [0.15, 0.2) is 5.76 Å². The van der Waals surface area contributed by atoms with E-state index in [1.165, 1.54) is 19.4 Å². The Morgan fingerprint density at radius 1 is 1.41 bits per heavy atom. The van der Waals surface area contributed by atoms with Gasteiger partial charge in [0, 0.05) is 0 Å². The molecule has 0 aliphatic carbocycles. The van der Waals surface area contributed by atoms with Gasteiger partial charge in [0.1, 0.15) is 6.04 Å². The molecule has 0 fully saturated rings. The zero-order valence-electron chi connectivity index (χ0n) is 10.4. The number of hydrogen-bond acceptors (Lipinski definition) is 4. The first kappa shape index (κ1) is 13.3. The number of esters is 1. The molecule has 1 amide bonds. The summed E-state index contributed by atoms with van der Waals surface area (Å²) in [6.45, 7) is 5.53. The second kappa shape index (κ2) is 5.03. The minimum absolute atomic E-state index is 0.170. The van der Waals surface area contributed by atoms with Gasteiger partial charge in [-0.25, -0.2) is 4.79 Å². The molecule has 1 heterocycles. The van der Waals surface area contributed by atoms with Gasteiger partial charge in [-0.1, -0.05) is 20.8 Å². The Hall–Kier alpha value is -1.78. The molecule has 5 heteroatoms. The first-order valence-corrected chi connectivity index (χ1v) is 5.28. The summed E-state index contributed by atoms with van der Waals surface area (Å²) >= 11 is 0. The highest BCUT2D eigenvalue weighted by molar-refractivity contribution is 5.94. The summed E-state index contributed by atoms with van der Waals surface area (Å²) in [5.41, 5.74) is -0.435. The minimum Gasteiger partial charge on any atom is -0.467 e. The van der Waals surface area contributed by atoms with E-state index in [4.69, 9.17) is 4.42 Å². The van der Waals surface area contributed by atoms with Gasteiger partial charge in [-0.15, -0.1) is 0 Å². The molecule has 0 aliphatic heterocycles. The van der Waals surface area contributed by atoms with Crippen molar-refractivity contribution in [1.82, 2.24) is 5.32 Å². The van der Waals surface area contributed by atoms with Crippen molar-refractivity contribution in [3.63, 3.8) is 0 Å². The van der Waals surface area contributed by atoms with E-state index in [0.29, 0.717) is 0 Å². The Morgan fingerprint density at radius 3 is 2.47 bits per heavy atom. The number of ether oxygens (including phenoxy) is 1. The van der Waals surface area contributed by atoms with Crippen LogP contribution in [0, 0.1) is 5.41 Å². The molecule has 0 aromatic carbocycles. The van der Waals surface area contributed by atoms with Crippen molar-refractivity contribution in [2.45, 2.75) is 26.8 Å². The van der Waals surface area contributed by atoms with Crippen LogP contribution in [0.1, 0.15) is 31.3 Å². The quantitative estimate of drug-likeness (QED) is 0.813. The molecule has 0 saturated carbocycles. The zero-order chi connectivity index (χ0) is 13.1. The third-order valence-electron chi connectivity index (χ3n) is 2.32. The molecule has 1 aromatic heterocycles. The number of carbonyl (C=O) groups is 2. The van der Waals surface area contributed by atoms with Crippen molar-refractivity contribution in [2.24, 2.45) is 5.41 Å². The van der Waals surface area contributed by atoms with Crippen molar-refractivity contribution < 1.29 is 18.7 Å². The largest absolute Gasteiger partial charge is 0.467 e. The highest BCUT2D eigenvalue weighted by Crippen LogP contribution is 2.20. The van der Waals surface area contributed by atoms with Gasteiger partial charge in [0.05, 0.1) is 13.4 Å². The molecule has 0 spiro atoms. The summed E-state index contributed by atoms with van der Waals surface area (Å²) in [6, 6.07) is 2.43. The smallest absolute Gasteiger partial charge is 0.328 e. The highest BCUT2D eigenvalue weighted by atomic mass is 16.5. The summed E-state index contributed by atoms with van der Waals surface area (Å²) in [5, 5.41) is 2.60. The van der Waals surface area contributed by atoms with Crippen LogP contribution in [0.3, 0.4) is 0 Å². The van der Waals surface area contributed by atoms with E-state index >= 15 is 0 Å². The van der Waals surface area contributed by atoms with Gasteiger partial charge in [0.25, 0.3) is 5.91 Å². The van der Waals surface area contributed by atoms with Crippen LogP contribution in [0.4, 0.5) is 0 Å². The zero-order valence-corrected chi connectivity index (χ0v) is 10.4. The van der Waals surface area contributed by atoms with Crippen molar-refractivity contribution in [3.8, 4) is 0 Å². The van der Waals surface area contributed by atoms with Crippen LogP contribution in [0.2, 0.25) is 0 Å². The normalized spacial score (nSPS) is 12.9. The fraction of sp³-hybridized carbons (Fsp3) is 0.500. The molecule has 0 radical (unpaired) electrons. The Morgan fingerprint density at radius 2 is 2.06 bits per heavy atom. The average Bonchev–Trinajstić information content (AvgIpc) is 2.76. The second-order valence-corrected chi connectivity index (χ2v) is 4.77. The predicted molar refractivity (Wildman–Crippen MR) is 61.4 cm³/mol. The lowest BCUT2D eigenvalue weighted by molar-refractivity contribution is -0.145. The van der Waals surface area contributed by atoms with E-state index < -0.39 is 23.3 Å². The number of carbonyl (C=O) groups excluding carboxylic acids is 2. The predicted octanol–water partition coefficient (Wildman–Crippen LogP) is 1.60. The Balaban J connectivity index is 2.81. The molecule has 0 bridgehead atoms. The van der Waals surface area contributed by atoms with Crippen LogP contribution >= 0.6 is 0 Å². The van der Waals surface area contributed by atoms with E-state index in [-0.39, 0.29) is 5.76 Å². The fourth-order valence-electron chi connectivity index (χ4n) is 1.36. The summed E-state index contributed by atoms with van der Waals surface area (Å²) in [5.74, 6) is -0.735. The van der Waals surface area contributed by atoms with Crippen molar-refractivity contribution >= 4 is 11.9 Å². The lowest BCUT2D eigenvalue weighted by Gasteiger charge is -2.28. The van der Waals surface area contributed by atoms with Gasteiger partial charge in [-0.2, -0.15) is 0 Å². The fourth-order valence-corrected chi connectivity index (χ4v) is 1.36. The van der Waals surface area contributed by atoms with Crippen LogP contribution in [-0.2, 0) is 9.53 Å². The maximum absolute atomic E-state index is 11.8. The lowest BCUT2D eigenvalue weighted by atomic mass is 9.86. The molecule has 0 unspecified atom stereocenters. The monoisotopic (exact) mass is 239 g/mol. The Kier molecular flexibility index (Phi) is 3.93. The number of hydrogen-bond donors (Lipinski definition) is 1. The summed E-state index contributed by atoms with van der Waals surface area (Å²) in [6.07, 6.45) is 1.40. The standard InChI is InChI=1S/C12H17NO4/c1-12(2,3)9(11(15)16-4)13-10(14)8-6-5-7-17-8/h5-7,9H,1-4H3,(H,13,14)/t9-/m1/s1. The summed E-state index contributed by atoms with van der Waals surface area (Å²) in [4.78, 5) is 23.4. The van der Waals surface area contributed by atoms with Crippen LogP contribution in [0.15, 0.2) is 22.8 Å². The SMILES string of the molecule is COC(=O)[C@@H](NC(=O)c1ccco1)C(C)(C)C. The van der Waals surface area contributed by atoms with E-state index in [0.717, 1.165) is 0 Å². The number of rotatable bonds is 3. The number of amides is 1. The molecule has 5 nitrogen and oxygen atoms in total. The van der Waals surface area contributed by atoms with Crippen LogP contribution in [0.5, 0.6) is 0 Å². The molecule has 0 saturated heterocycles. The van der Waals surface area contributed by atoms with Gasteiger partial charge >= 0.3 is 5.97 Å². The molecule has 0 aliphatic rings. The molecule has 94 valence electrons. The number of furan rings is 1. The van der Waals surface area contributed by atoms with E-state index in [9.17, 15) is 9.59 Å². The van der Waals surface area contributed by atoms with Crippen molar-refractivity contribution in [2.75, 3.05) is 7.11 Å². The average molecular weight is 239 g/mol. The third kappa shape index (κ3) is 3.34. The first-order chi connectivity index (χ1) is 7.86. The number of nitrogens with one attached hydrogen (secondary N) is 1. The molecule has 1 aromatic rings. The maximum atomic E-state index is 11.8. The number of methoxy groups -OCH3 is 1. The summed E-state index contributed by atoms with van der Waals surface area (Å²) in [7, 11) is 1.29. The lowest BCUT2D eigenvalue weighted by Crippen LogP contribution is -2.49. The van der Waals surface area contributed by atoms with Gasteiger partial charge in [0.2, 0.25) is 0 Å². The van der Waals surface area contributed by atoms with Crippen LogP contribution < -0.4 is 5.32 Å². The van der Waals surface area contributed by atoms with Crippen LogP contribution in [-0.4, -0.2) is 25.0 Å². The highest BCUT2D eigenvalue weighted by Gasteiger charge is 2.34. The van der Waals surface area contributed by atoms with E-state index in [1.807, 2.05) is 20.8 Å². The molecule has 1 rings (SSSR count). The van der Waals surface area contributed by atoms with Crippen molar-refractivity contribution in [1.29, 1.82) is 0 Å². The molecule has 1 atom stereocenters. The molecule has 1 N–H and O–H groups in total. The van der Waals surface area contributed by atoms with Gasteiger partial charge < -0.3 is 14.5 Å². The first-order valence-electron chi connectivity index (χ1n) is 5.28. The van der Waals surface area contributed by atoms with Gasteiger partial charge in [-0.3, -0.25) is 4.79 Å². The van der Waals surface area contributed by atoms with E-state index in [1.54, 1.807) is 6.07 Å². The maximum Gasteiger partial charge on any atom is 0.328 e. The molecular formula is C12H17NO4. The van der Waals surface area contributed by atoms with Crippen LogP contribution in [0.25, 0.3) is 0 Å². The van der Waals surface area contributed by atoms with Crippen molar-refractivity contribution in [3.05, 3.63) is 24.2 Å². The van der Waals surface area contributed by atoms with E-state index in [2.05, 4.69) is 10.1 Å². The second-order valence-electron chi connectivity index (χ2n) is 4.77.